The molecular weight excluding hydrogens is 294 g/mol. The van der Waals surface area contributed by atoms with E-state index in [1.54, 1.807) is 14.2 Å². The molecule has 6 nitrogen and oxygen atoms in total. The molecule has 0 unspecified atom stereocenters. The Kier molecular flexibility index (Phi) is 4.23. The van der Waals surface area contributed by atoms with E-state index in [9.17, 15) is 4.79 Å². The van der Waals surface area contributed by atoms with Crippen LogP contribution in [0.2, 0.25) is 0 Å². The lowest BCUT2D eigenvalue weighted by molar-refractivity contribution is 0.0948. The second-order valence-corrected chi connectivity index (χ2v) is 5.15. The van der Waals surface area contributed by atoms with E-state index in [2.05, 4.69) is 10.3 Å². The Morgan fingerprint density at radius 1 is 1.13 bits per heavy atom. The molecule has 2 N–H and O–H groups in total. The number of ether oxygens (including phenoxy) is 2. The average molecular weight is 313 g/mol. The maximum atomic E-state index is 12.2. The summed E-state index contributed by atoms with van der Waals surface area (Å²) in [7, 11) is 3.17. The van der Waals surface area contributed by atoms with E-state index in [1.807, 2.05) is 47.3 Å². The smallest absolute Gasteiger partial charge is 0.267 e. The molecule has 0 aliphatic carbocycles. The highest BCUT2D eigenvalue weighted by molar-refractivity contribution is 5.98. The number of rotatable bonds is 6. The monoisotopic (exact) mass is 313 g/mol. The molecule has 2 aromatic heterocycles. The van der Waals surface area contributed by atoms with Crippen molar-refractivity contribution in [2.75, 3.05) is 20.8 Å². The minimum absolute atomic E-state index is 0.133. The van der Waals surface area contributed by atoms with Gasteiger partial charge in [-0.1, -0.05) is 0 Å². The van der Waals surface area contributed by atoms with Crippen LogP contribution in [0.3, 0.4) is 0 Å². The Hall–Kier alpha value is -2.89. The van der Waals surface area contributed by atoms with Gasteiger partial charge in [-0.3, -0.25) is 4.79 Å². The zero-order chi connectivity index (χ0) is 16.2. The Bertz CT molecular complexity index is 765. The molecule has 120 valence electrons. The SMILES string of the molecule is COc1cc2cc(C(=O)NCCn3cccc3)[nH]c2cc1OC. The van der Waals surface area contributed by atoms with Gasteiger partial charge < -0.3 is 24.3 Å². The molecule has 1 amide bonds. The molecule has 3 aromatic rings. The number of H-pyrrole nitrogens is 1. The highest BCUT2D eigenvalue weighted by Crippen LogP contribution is 2.32. The van der Waals surface area contributed by atoms with Gasteiger partial charge in [-0.15, -0.1) is 0 Å². The van der Waals surface area contributed by atoms with Gasteiger partial charge in [0.2, 0.25) is 0 Å². The van der Waals surface area contributed by atoms with E-state index in [0.29, 0.717) is 23.7 Å². The Balaban J connectivity index is 1.73. The molecule has 0 saturated heterocycles. The molecule has 1 aromatic carbocycles. The summed E-state index contributed by atoms with van der Waals surface area (Å²) in [4.78, 5) is 15.3. The lowest BCUT2D eigenvalue weighted by Gasteiger charge is -2.06. The van der Waals surface area contributed by atoms with Crippen LogP contribution in [0, 0.1) is 0 Å². The zero-order valence-corrected chi connectivity index (χ0v) is 13.1. The van der Waals surface area contributed by atoms with Gasteiger partial charge in [0.1, 0.15) is 5.69 Å². The lowest BCUT2D eigenvalue weighted by Crippen LogP contribution is -2.27. The van der Waals surface area contributed by atoms with Crippen molar-refractivity contribution in [1.29, 1.82) is 0 Å². The molecule has 0 aliphatic heterocycles. The van der Waals surface area contributed by atoms with Crippen molar-refractivity contribution in [3.63, 3.8) is 0 Å². The number of carbonyl (C=O) groups is 1. The van der Waals surface area contributed by atoms with Gasteiger partial charge in [0, 0.05) is 42.5 Å². The Morgan fingerprint density at radius 3 is 2.52 bits per heavy atom. The molecule has 0 spiro atoms. The number of nitrogens with one attached hydrogen (secondary N) is 2. The molecular formula is C17H19N3O3. The Labute approximate surface area is 134 Å². The van der Waals surface area contributed by atoms with E-state index in [0.717, 1.165) is 17.4 Å². The highest BCUT2D eigenvalue weighted by atomic mass is 16.5. The van der Waals surface area contributed by atoms with Crippen molar-refractivity contribution in [3.8, 4) is 11.5 Å². The van der Waals surface area contributed by atoms with Crippen LogP contribution < -0.4 is 14.8 Å². The molecule has 0 radical (unpaired) electrons. The van der Waals surface area contributed by atoms with E-state index < -0.39 is 0 Å². The zero-order valence-electron chi connectivity index (χ0n) is 13.1. The molecule has 23 heavy (non-hydrogen) atoms. The van der Waals surface area contributed by atoms with Crippen molar-refractivity contribution >= 4 is 16.8 Å². The van der Waals surface area contributed by atoms with E-state index in [-0.39, 0.29) is 5.91 Å². The maximum Gasteiger partial charge on any atom is 0.267 e. The first-order valence-electron chi connectivity index (χ1n) is 7.35. The van der Waals surface area contributed by atoms with Crippen molar-refractivity contribution in [1.82, 2.24) is 14.9 Å². The summed E-state index contributed by atoms with van der Waals surface area (Å²) in [6, 6.07) is 9.40. The maximum absolute atomic E-state index is 12.2. The van der Waals surface area contributed by atoms with Crippen LogP contribution in [0.15, 0.2) is 42.7 Å². The molecule has 2 heterocycles. The number of methoxy groups -OCH3 is 2. The van der Waals surface area contributed by atoms with Gasteiger partial charge in [-0.2, -0.15) is 0 Å². The van der Waals surface area contributed by atoms with Crippen LogP contribution >= 0.6 is 0 Å². The molecule has 0 bridgehead atoms. The Morgan fingerprint density at radius 2 is 1.83 bits per heavy atom. The summed E-state index contributed by atoms with van der Waals surface area (Å²) in [6.07, 6.45) is 3.93. The second kappa shape index (κ2) is 6.48. The van der Waals surface area contributed by atoms with Crippen molar-refractivity contribution in [2.24, 2.45) is 0 Å². The fourth-order valence-corrected chi connectivity index (χ4v) is 2.49. The summed E-state index contributed by atoms with van der Waals surface area (Å²) in [5.41, 5.74) is 1.35. The number of amides is 1. The number of hydrogen-bond acceptors (Lipinski definition) is 3. The van der Waals surface area contributed by atoms with Crippen molar-refractivity contribution < 1.29 is 14.3 Å². The minimum Gasteiger partial charge on any atom is -0.493 e. The van der Waals surface area contributed by atoms with Crippen LogP contribution in [-0.2, 0) is 6.54 Å². The fourth-order valence-electron chi connectivity index (χ4n) is 2.49. The third-order valence-electron chi connectivity index (χ3n) is 3.69. The summed E-state index contributed by atoms with van der Waals surface area (Å²) in [5.74, 6) is 1.13. The number of aromatic nitrogens is 2. The summed E-state index contributed by atoms with van der Waals surface area (Å²) >= 11 is 0. The molecule has 0 saturated carbocycles. The molecule has 0 fully saturated rings. The number of fused-ring (bicyclic) bond motifs is 1. The third kappa shape index (κ3) is 3.15. The number of benzene rings is 1. The third-order valence-corrected chi connectivity index (χ3v) is 3.69. The summed E-state index contributed by atoms with van der Waals surface area (Å²) < 4.78 is 12.6. The lowest BCUT2D eigenvalue weighted by atomic mass is 10.2. The molecule has 6 heteroatoms. The first-order valence-corrected chi connectivity index (χ1v) is 7.35. The van der Waals surface area contributed by atoms with Crippen LogP contribution in [0.1, 0.15) is 10.5 Å². The predicted octanol–water partition coefficient (Wildman–Crippen LogP) is 2.42. The predicted molar refractivity (Wildman–Crippen MR) is 88.2 cm³/mol. The number of nitrogens with zero attached hydrogens (tertiary/aromatic N) is 1. The largest absolute Gasteiger partial charge is 0.493 e. The van der Waals surface area contributed by atoms with E-state index in [4.69, 9.17) is 9.47 Å². The number of hydrogen-bond donors (Lipinski definition) is 2. The van der Waals surface area contributed by atoms with Gasteiger partial charge in [0.15, 0.2) is 11.5 Å². The van der Waals surface area contributed by atoms with E-state index >= 15 is 0 Å². The quantitative estimate of drug-likeness (QED) is 0.734. The van der Waals surface area contributed by atoms with Crippen molar-refractivity contribution in [3.05, 3.63) is 48.4 Å². The second-order valence-electron chi connectivity index (χ2n) is 5.15. The van der Waals surface area contributed by atoms with Gasteiger partial charge in [-0.05, 0) is 24.3 Å². The van der Waals surface area contributed by atoms with Crippen LogP contribution in [0.4, 0.5) is 0 Å². The van der Waals surface area contributed by atoms with E-state index in [1.165, 1.54) is 0 Å². The van der Waals surface area contributed by atoms with Crippen molar-refractivity contribution in [2.45, 2.75) is 6.54 Å². The van der Waals surface area contributed by atoms with Gasteiger partial charge in [-0.25, -0.2) is 0 Å². The molecule has 0 atom stereocenters. The normalized spacial score (nSPS) is 10.7. The van der Waals surface area contributed by atoms with Crippen LogP contribution in [0.25, 0.3) is 10.9 Å². The first kappa shape index (κ1) is 15.0. The molecule has 0 aliphatic rings. The van der Waals surface area contributed by atoms with Crippen LogP contribution in [0.5, 0.6) is 11.5 Å². The summed E-state index contributed by atoms with van der Waals surface area (Å²) in [6.45, 7) is 1.30. The fraction of sp³-hybridized carbons (Fsp3) is 0.235. The van der Waals surface area contributed by atoms with Gasteiger partial charge >= 0.3 is 0 Å². The van der Waals surface area contributed by atoms with Gasteiger partial charge in [0.25, 0.3) is 5.91 Å². The standard InChI is InChI=1S/C17H19N3O3/c1-22-15-10-12-9-14(19-13(12)11-16(15)23-2)17(21)18-5-8-20-6-3-4-7-20/h3-4,6-7,9-11,19H,5,8H2,1-2H3,(H,18,21). The van der Waals surface area contributed by atoms with Crippen LogP contribution in [-0.4, -0.2) is 36.2 Å². The van der Waals surface area contributed by atoms with Gasteiger partial charge in [0.05, 0.1) is 14.2 Å². The average Bonchev–Trinajstić information content (AvgIpc) is 3.22. The highest BCUT2D eigenvalue weighted by Gasteiger charge is 2.12. The number of carbonyl (C=O) groups excluding carboxylic acids is 1. The first-order chi connectivity index (χ1) is 11.2. The minimum atomic E-state index is -0.133. The topological polar surface area (TPSA) is 68.3 Å². The summed E-state index contributed by atoms with van der Waals surface area (Å²) in [5, 5.41) is 3.80. The number of aromatic amines is 1. The molecule has 3 rings (SSSR count).